The lowest BCUT2D eigenvalue weighted by Crippen LogP contribution is -2.51. The number of alkyl halides is 3. The van der Waals surface area contributed by atoms with E-state index in [9.17, 15) is 26.4 Å². The molecule has 1 amide bonds. The first-order valence-electron chi connectivity index (χ1n) is 13.1. The summed E-state index contributed by atoms with van der Waals surface area (Å²) < 4.78 is 75.2. The molecule has 214 valence electrons. The van der Waals surface area contributed by atoms with Crippen molar-refractivity contribution in [1.29, 1.82) is 0 Å². The maximum atomic E-state index is 13.9. The van der Waals surface area contributed by atoms with Gasteiger partial charge in [-0.25, -0.2) is 13.2 Å². The molecular formula is C27H33ClF3N3O4S. The third-order valence-electron chi connectivity index (χ3n) is 7.24. The van der Waals surface area contributed by atoms with Gasteiger partial charge in [0.2, 0.25) is 10.0 Å². The summed E-state index contributed by atoms with van der Waals surface area (Å²) in [6.45, 7) is 5.37. The van der Waals surface area contributed by atoms with Crippen molar-refractivity contribution in [3.05, 3.63) is 64.7 Å². The number of hydrogen-bond donors (Lipinski definition) is 0. The SMILES string of the molecule is CCCN1CCN(C(=O)OC[C@H]2CCC[C@@H](c3cccc(C(F)(F)F)c3)N2S(=O)(=O)c2ccc(Cl)cc2)CC1. The summed E-state index contributed by atoms with van der Waals surface area (Å²) >= 11 is 5.97. The Kier molecular flexibility index (Phi) is 9.46. The first-order valence-corrected chi connectivity index (χ1v) is 14.9. The van der Waals surface area contributed by atoms with E-state index in [1.54, 1.807) is 4.90 Å². The molecule has 0 aromatic heterocycles. The van der Waals surface area contributed by atoms with Crippen LogP contribution >= 0.6 is 11.6 Å². The Morgan fingerprint density at radius 2 is 1.74 bits per heavy atom. The number of rotatable bonds is 7. The molecule has 2 fully saturated rings. The van der Waals surface area contributed by atoms with Crippen molar-refractivity contribution in [3.8, 4) is 0 Å². The van der Waals surface area contributed by atoms with Crippen LogP contribution in [0.5, 0.6) is 0 Å². The molecule has 39 heavy (non-hydrogen) atoms. The molecule has 2 aliphatic heterocycles. The van der Waals surface area contributed by atoms with Crippen molar-refractivity contribution in [3.63, 3.8) is 0 Å². The third kappa shape index (κ3) is 7.06. The van der Waals surface area contributed by atoms with Gasteiger partial charge in [-0.2, -0.15) is 17.5 Å². The van der Waals surface area contributed by atoms with E-state index >= 15 is 0 Å². The average Bonchev–Trinajstić information content (AvgIpc) is 2.92. The minimum absolute atomic E-state index is 0.0332. The number of benzene rings is 2. The van der Waals surface area contributed by atoms with Crippen LogP contribution in [0.25, 0.3) is 0 Å². The molecule has 7 nitrogen and oxygen atoms in total. The smallest absolute Gasteiger partial charge is 0.416 e. The van der Waals surface area contributed by atoms with Crippen LogP contribution in [-0.2, 0) is 20.9 Å². The molecule has 0 radical (unpaired) electrons. The summed E-state index contributed by atoms with van der Waals surface area (Å²) in [5.41, 5.74) is -0.606. The molecule has 0 saturated carbocycles. The number of nitrogens with zero attached hydrogens (tertiary/aromatic N) is 3. The molecule has 0 bridgehead atoms. The lowest BCUT2D eigenvalue weighted by atomic mass is 9.92. The second kappa shape index (κ2) is 12.4. The van der Waals surface area contributed by atoms with Gasteiger partial charge in [-0.15, -0.1) is 0 Å². The Morgan fingerprint density at radius 1 is 1.05 bits per heavy atom. The average molecular weight is 588 g/mol. The van der Waals surface area contributed by atoms with E-state index in [2.05, 4.69) is 11.8 Å². The van der Waals surface area contributed by atoms with Gasteiger partial charge in [0, 0.05) is 31.2 Å². The van der Waals surface area contributed by atoms with Crippen molar-refractivity contribution in [2.24, 2.45) is 0 Å². The second-order valence-electron chi connectivity index (χ2n) is 9.92. The first kappa shape index (κ1) is 29.6. The van der Waals surface area contributed by atoms with Gasteiger partial charge in [-0.3, -0.25) is 4.90 Å². The summed E-state index contributed by atoms with van der Waals surface area (Å²) in [5, 5.41) is 0.353. The molecule has 2 aromatic rings. The molecule has 2 atom stereocenters. The van der Waals surface area contributed by atoms with Gasteiger partial charge < -0.3 is 9.64 Å². The number of sulfonamides is 1. The van der Waals surface area contributed by atoms with Gasteiger partial charge in [0.15, 0.2) is 0 Å². The van der Waals surface area contributed by atoms with Gasteiger partial charge >= 0.3 is 12.3 Å². The van der Waals surface area contributed by atoms with E-state index in [1.807, 2.05) is 0 Å². The lowest BCUT2D eigenvalue weighted by molar-refractivity contribution is -0.137. The van der Waals surface area contributed by atoms with Crippen LogP contribution in [0, 0.1) is 0 Å². The molecule has 0 spiro atoms. The molecule has 2 saturated heterocycles. The lowest BCUT2D eigenvalue weighted by Gasteiger charge is -2.41. The van der Waals surface area contributed by atoms with Crippen LogP contribution in [0.3, 0.4) is 0 Å². The van der Waals surface area contributed by atoms with Crippen LogP contribution in [0.1, 0.15) is 49.8 Å². The molecule has 0 unspecified atom stereocenters. The highest BCUT2D eigenvalue weighted by Crippen LogP contribution is 2.41. The topological polar surface area (TPSA) is 70.2 Å². The van der Waals surface area contributed by atoms with E-state index in [-0.39, 0.29) is 17.1 Å². The second-order valence-corrected chi connectivity index (χ2v) is 12.2. The Balaban J connectivity index is 1.59. The summed E-state index contributed by atoms with van der Waals surface area (Å²) in [5.74, 6) is 0. The molecule has 2 heterocycles. The number of hydrogen-bond acceptors (Lipinski definition) is 5. The highest BCUT2D eigenvalue weighted by atomic mass is 35.5. The van der Waals surface area contributed by atoms with E-state index in [4.69, 9.17) is 16.3 Å². The van der Waals surface area contributed by atoms with Gasteiger partial charge in [0.05, 0.1) is 22.5 Å². The highest BCUT2D eigenvalue weighted by Gasteiger charge is 2.42. The standard InChI is InChI=1S/C27H33ClF3N3O4S/c1-2-13-32-14-16-33(17-15-32)26(35)38-19-23-7-4-8-25(20-5-3-6-21(18-20)27(29,30)31)34(23)39(36,37)24-11-9-22(28)10-12-24/h3,5-6,9-12,18,23,25H,2,4,7-8,13-17,19H2,1H3/t23-,25+/m1/s1. The molecular weight excluding hydrogens is 555 g/mol. The maximum Gasteiger partial charge on any atom is 0.416 e. The van der Waals surface area contributed by atoms with E-state index in [1.165, 1.54) is 40.7 Å². The fourth-order valence-corrected chi connectivity index (χ4v) is 7.24. The van der Waals surface area contributed by atoms with E-state index in [0.29, 0.717) is 37.4 Å². The summed E-state index contributed by atoms with van der Waals surface area (Å²) in [6.07, 6.45) is -2.77. The predicted octanol–water partition coefficient (Wildman–Crippen LogP) is 5.81. The van der Waals surface area contributed by atoms with Crippen molar-refractivity contribution < 1.29 is 31.1 Å². The van der Waals surface area contributed by atoms with Crippen LogP contribution in [-0.4, -0.2) is 74.0 Å². The Labute approximate surface area is 232 Å². The highest BCUT2D eigenvalue weighted by molar-refractivity contribution is 7.89. The van der Waals surface area contributed by atoms with Gasteiger partial charge in [-0.05, 0) is 74.2 Å². The number of carbonyl (C=O) groups excluding carboxylic acids is 1. The first-order chi connectivity index (χ1) is 18.5. The molecule has 0 aliphatic carbocycles. The van der Waals surface area contributed by atoms with Crippen molar-refractivity contribution in [1.82, 2.24) is 14.1 Å². The van der Waals surface area contributed by atoms with Crippen LogP contribution < -0.4 is 0 Å². The quantitative estimate of drug-likeness (QED) is 0.409. The summed E-state index contributed by atoms with van der Waals surface area (Å²) in [4.78, 5) is 16.7. The van der Waals surface area contributed by atoms with Crippen LogP contribution in [0.4, 0.5) is 18.0 Å². The van der Waals surface area contributed by atoms with Gasteiger partial charge in [-0.1, -0.05) is 30.7 Å². The van der Waals surface area contributed by atoms with Crippen molar-refractivity contribution in [2.75, 3.05) is 39.3 Å². The summed E-state index contributed by atoms with van der Waals surface area (Å²) in [6, 6.07) is 8.79. The third-order valence-corrected chi connectivity index (χ3v) is 9.47. The number of amides is 1. The van der Waals surface area contributed by atoms with Crippen molar-refractivity contribution >= 4 is 27.7 Å². The maximum absolute atomic E-state index is 13.9. The van der Waals surface area contributed by atoms with Crippen LogP contribution in [0.2, 0.25) is 5.02 Å². The number of piperazine rings is 1. The molecule has 0 N–H and O–H groups in total. The van der Waals surface area contributed by atoms with Gasteiger partial charge in [0.25, 0.3) is 0 Å². The Bertz CT molecular complexity index is 1240. The van der Waals surface area contributed by atoms with Gasteiger partial charge in [0.1, 0.15) is 6.61 Å². The predicted molar refractivity (Wildman–Crippen MR) is 142 cm³/mol. The minimum Gasteiger partial charge on any atom is -0.448 e. The molecule has 2 aliphatic rings. The Morgan fingerprint density at radius 3 is 2.38 bits per heavy atom. The fourth-order valence-electron chi connectivity index (χ4n) is 5.27. The monoisotopic (exact) mass is 587 g/mol. The normalized spacial score (nSPS) is 21.6. The van der Waals surface area contributed by atoms with E-state index < -0.39 is 39.9 Å². The van der Waals surface area contributed by atoms with E-state index in [0.717, 1.165) is 38.2 Å². The molecule has 2 aromatic carbocycles. The zero-order chi connectivity index (χ0) is 28.2. The number of halogens is 4. The molecule has 4 rings (SSSR count). The summed E-state index contributed by atoms with van der Waals surface area (Å²) in [7, 11) is -4.18. The van der Waals surface area contributed by atoms with Crippen LogP contribution in [0.15, 0.2) is 53.4 Å². The number of piperidine rings is 1. The zero-order valence-electron chi connectivity index (χ0n) is 21.7. The number of carbonyl (C=O) groups is 1. The fraction of sp³-hybridized carbons (Fsp3) is 0.519. The zero-order valence-corrected chi connectivity index (χ0v) is 23.3. The largest absolute Gasteiger partial charge is 0.448 e. The Hall–Kier alpha value is -2.34. The minimum atomic E-state index is -4.57. The van der Waals surface area contributed by atoms with Crippen molar-refractivity contribution in [2.45, 2.75) is 55.8 Å². The number of ether oxygens (including phenoxy) is 1. The molecule has 12 heteroatoms.